The fourth-order valence-electron chi connectivity index (χ4n) is 3.54. The maximum atomic E-state index is 12.9. The third-order valence-electron chi connectivity index (χ3n) is 5.21. The van der Waals surface area contributed by atoms with E-state index in [-0.39, 0.29) is 23.7 Å². The van der Waals surface area contributed by atoms with E-state index in [1.54, 1.807) is 36.4 Å². The summed E-state index contributed by atoms with van der Waals surface area (Å²) in [4.78, 5) is 24.7. The van der Waals surface area contributed by atoms with Crippen molar-refractivity contribution in [2.45, 2.75) is 51.0 Å². The van der Waals surface area contributed by atoms with Gasteiger partial charge < -0.3 is 10.6 Å². The van der Waals surface area contributed by atoms with Crippen molar-refractivity contribution in [2.75, 3.05) is 6.54 Å². The number of amides is 2. The maximum Gasteiger partial charge on any atom is 0.251 e. The third-order valence-corrected chi connectivity index (χ3v) is 5.21. The van der Waals surface area contributed by atoms with Gasteiger partial charge >= 0.3 is 0 Å². The molecule has 148 valence electrons. The first-order chi connectivity index (χ1) is 13.6. The van der Waals surface area contributed by atoms with E-state index >= 15 is 0 Å². The van der Waals surface area contributed by atoms with Crippen LogP contribution in [-0.4, -0.2) is 24.4 Å². The van der Waals surface area contributed by atoms with Gasteiger partial charge in [0.2, 0.25) is 0 Å². The number of benzene rings is 2. The van der Waals surface area contributed by atoms with E-state index in [0.717, 1.165) is 18.4 Å². The van der Waals surface area contributed by atoms with Gasteiger partial charge in [-0.3, -0.25) is 9.59 Å². The second-order valence-corrected chi connectivity index (χ2v) is 7.37. The number of carbonyl (C=O) groups is 2. The van der Waals surface area contributed by atoms with Gasteiger partial charge in [-0.15, -0.1) is 0 Å². The summed E-state index contributed by atoms with van der Waals surface area (Å²) in [5.41, 5.74) is 2.06. The van der Waals surface area contributed by atoms with Crippen LogP contribution in [0.2, 0.25) is 0 Å². The molecule has 0 radical (unpaired) electrons. The van der Waals surface area contributed by atoms with Crippen LogP contribution in [0, 0.1) is 5.82 Å². The molecular formula is C23H27FN2O2. The standard InChI is InChI=1S/C23H27FN2O2/c24-20-13-7-17(8-14-20)15-16-25-22(27)18-9-11-19(12-10-18)23(28)26-21-5-3-1-2-4-6-21/h7-14,21H,1-6,15-16H2,(H,25,27)(H,26,28). The van der Waals surface area contributed by atoms with Gasteiger partial charge in [-0.2, -0.15) is 0 Å². The number of hydrogen-bond donors (Lipinski definition) is 2. The number of rotatable bonds is 6. The first kappa shape index (κ1) is 20.1. The highest BCUT2D eigenvalue weighted by Gasteiger charge is 2.16. The SMILES string of the molecule is O=C(NCCc1ccc(F)cc1)c1ccc(C(=O)NC2CCCCCC2)cc1. The van der Waals surface area contributed by atoms with Crippen LogP contribution in [0.5, 0.6) is 0 Å². The molecule has 3 rings (SSSR count). The van der Waals surface area contributed by atoms with Gasteiger partial charge in [-0.25, -0.2) is 4.39 Å². The van der Waals surface area contributed by atoms with Crippen molar-refractivity contribution in [3.63, 3.8) is 0 Å². The molecule has 0 aliphatic heterocycles. The number of carbonyl (C=O) groups excluding carboxylic acids is 2. The Bertz CT molecular complexity index is 779. The highest BCUT2D eigenvalue weighted by molar-refractivity contribution is 5.97. The lowest BCUT2D eigenvalue weighted by Gasteiger charge is -2.16. The van der Waals surface area contributed by atoms with Gasteiger partial charge in [0.1, 0.15) is 5.82 Å². The molecule has 1 saturated carbocycles. The summed E-state index contributed by atoms with van der Waals surface area (Å²) in [6.45, 7) is 0.467. The average molecular weight is 382 g/mol. The molecule has 1 aliphatic rings. The molecule has 0 heterocycles. The Balaban J connectivity index is 1.47. The molecule has 1 fully saturated rings. The lowest BCUT2D eigenvalue weighted by molar-refractivity contribution is 0.0928. The molecule has 0 aromatic heterocycles. The summed E-state index contributed by atoms with van der Waals surface area (Å²) < 4.78 is 12.9. The predicted molar refractivity (Wildman–Crippen MR) is 108 cm³/mol. The second-order valence-electron chi connectivity index (χ2n) is 7.37. The largest absolute Gasteiger partial charge is 0.352 e. The number of halogens is 1. The third kappa shape index (κ3) is 5.91. The minimum Gasteiger partial charge on any atom is -0.352 e. The van der Waals surface area contributed by atoms with Crippen molar-refractivity contribution in [1.82, 2.24) is 10.6 Å². The van der Waals surface area contributed by atoms with Crippen molar-refractivity contribution in [2.24, 2.45) is 0 Å². The molecule has 0 spiro atoms. The molecule has 0 unspecified atom stereocenters. The number of hydrogen-bond acceptors (Lipinski definition) is 2. The summed E-state index contributed by atoms with van der Waals surface area (Å²) in [6.07, 6.45) is 7.55. The Labute approximate surface area is 165 Å². The molecule has 28 heavy (non-hydrogen) atoms. The second kappa shape index (κ2) is 10.0. The first-order valence-electron chi connectivity index (χ1n) is 10.1. The predicted octanol–water partition coefficient (Wildman–Crippen LogP) is 4.25. The lowest BCUT2D eigenvalue weighted by atomic mass is 10.1. The van der Waals surface area contributed by atoms with Crippen LogP contribution >= 0.6 is 0 Å². The van der Waals surface area contributed by atoms with E-state index < -0.39 is 0 Å². The zero-order chi connectivity index (χ0) is 19.8. The molecule has 0 saturated heterocycles. The lowest BCUT2D eigenvalue weighted by Crippen LogP contribution is -2.34. The minimum atomic E-state index is -0.268. The molecular weight excluding hydrogens is 355 g/mol. The van der Waals surface area contributed by atoms with Crippen LogP contribution in [-0.2, 0) is 6.42 Å². The summed E-state index contributed by atoms with van der Waals surface area (Å²) in [5.74, 6) is -0.524. The van der Waals surface area contributed by atoms with E-state index in [1.165, 1.54) is 37.8 Å². The van der Waals surface area contributed by atoms with Crippen molar-refractivity contribution in [3.05, 3.63) is 71.0 Å². The maximum absolute atomic E-state index is 12.9. The van der Waals surface area contributed by atoms with Crippen LogP contribution < -0.4 is 10.6 Å². The van der Waals surface area contributed by atoms with Gasteiger partial charge in [0.15, 0.2) is 0 Å². The normalized spacial score (nSPS) is 14.9. The van der Waals surface area contributed by atoms with Crippen LogP contribution in [0.25, 0.3) is 0 Å². The van der Waals surface area contributed by atoms with E-state index in [9.17, 15) is 14.0 Å². The Hall–Kier alpha value is -2.69. The zero-order valence-corrected chi connectivity index (χ0v) is 16.0. The smallest absolute Gasteiger partial charge is 0.251 e. The van der Waals surface area contributed by atoms with Gasteiger partial charge in [0, 0.05) is 23.7 Å². The Kier molecular flexibility index (Phi) is 7.18. The van der Waals surface area contributed by atoms with Crippen molar-refractivity contribution >= 4 is 11.8 Å². The molecule has 2 N–H and O–H groups in total. The molecule has 1 aliphatic carbocycles. The van der Waals surface area contributed by atoms with E-state index in [1.807, 2.05) is 0 Å². The molecule has 2 aromatic rings. The Morgan fingerprint density at radius 2 is 1.39 bits per heavy atom. The van der Waals surface area contributed by atoms with Crippen LogP contribution in [0.15, 0.2) is 48.5 Å². The number of nitrogens with one attached hydrogen (secondary N) is 2. The highest BCUT2D eigenvalue weighted by Crippen LogP contribution is 2.17. The summed E-state index contributed by atoms with van der Waals surface area (Å²) in [7, 11) is 0. The topological polar surface area (TPSA) is 58.2 Å². The summed E-state index contributed by atoms with van der Waals surface area (Å²) in [6, 6.07) is 13.2. The van der Waals surface area contributed by atoms with E-state index in [2.05, 4.69) is 10.6 Å². The van der Waals surface area contributed by atoms with E-state index in [4.69, 9.17) is 0 Å². The monoisotopic (exact) mass is 382 g/mol. The molecule has 0 bridgehead atoms. The molecule has 4 nitrogen and oxygen atoms in total. The molecule has 5 heteroatoms. The van der Waals surface area contributed by atoms with Crippen LogP contribution in [0.1, 0.15) is 64.8 Å². The Morgan fingerprint density at radius 1 is 0.821 bits per heavy atom. The Morgan fingerprint density at radius 3 is 2.00 bits per heavy atom. The van der Waals surface area contributed by atoms with Crippen molar-refractivity contribution in [3.8, 4) is 0 Å². The average Bonchev–Trinajstić information content (AvgIpc) is 2.98. The van der Waals surface area contributed by atoms with Crippen molar-refractivity contribution < 1.29 is 14.0 Å². The van der Waals surface area contributed by atoms with Gasteiger partial charge in [0.25, 0.3) is 11.8 Å². The summed E-state index contributed by atoms with van der Waals surface area (Å²) in [5, 5.41) is 5.96. The molecule has 0 atom stereocenters. The fraction of sp³-hybridized carbons (Fsp3) is 0.391. The molecule has 2 amide bonds. The van der Waals surface area contributed by atoms with Crippen molar-refractivity contribution in [1.29, 1.82) is 0 Å². The van der Waals surface area contributed by atoms with E-state index in [0.29, 0.717) is 24.1 Å². The summed E-state index contributed by atoms with van der Waals surface area (Å²) >= 11 is 0. The minimum absolute atomic E-state index is 0.0739. The fourth-order valence-corrected chi connectivity index (χ4v) is 3.54. The quantitative estimate of drug-likeness (QED) is 0.734. The van der Waals surface area contributed by atoms with Crippen LogP contribution in [0.4, 0.5) is 4.39 Å². The van der Waals surface area contributed by atoms with Gasteiger partial charge in [-0.05, 0) is 61.2 Å². The van der Waals surface area contributed by atoms with Gasteiger partial charge in [-0.1, -0.05) is 37.8 Å². The van der Waals surface area contributed by atoms with Gasteiger partial charge in [0.05, 0.1) is 0 Å². The highest BCUT2D eigenvalue weighted by atomic mass is 19.1. The van der Waals surface area contributed by atoms with Crippen LogP contribution in [0.3, 0.4) is 0 Å². The first-order valence-corrected chi connectivity index (χ1v) is 10.1. The zero-order valence-electron chi connectivity index (χ0n) is 16.0. The molecule has 2 aromatic carbocycles.